The van der Waals surface area contributed by atoms with Gasteiger partial charge in [-0.3, -0.25) is 9.59 Å². The first-order valence-corrected chi connectivity index (χ1v) is 8.99. The Kier molecular flexibility index (Phi) is 6.07. The number of anilines is 2. The van der Waals surface area contributed by atoms with Crippen LogP contribution >= 0.6 is 0 Å². The molecule has 0 aromatic heterocycles. The fourth-order valence-electron chi connectivity index (χ4n) is 2.72. The van der Waals surface area contributed by atoms with Crippen LogP contribution in [0.4, 0.5) is 11.4 Å². The van der Waals surface area contributed by atoms with Crippen LogP contribution in [0.3, 0.4) is 0 Å². The van der Waals surface area contributed by atoms with Crippen LogP contribution in [0.15, 0.2) is 72.8 Å². The van der Waals surface area contributed by atoms with Crippen molar-refractivity contribution >= 4 is 23.2 Å². The van der Waals surface area contributed by atoms with E-state index in [9.17, 15) is 9.59 Å². The number of hydrogen-bond donors (Lipinski definition) is 2. The van der Waals surface area contributed by atoms with Crippen molar-refractivity contribution in [1.82, 2.24) is 0 Å². The Morgan fingerprint density at radius 3 is 2.11 bits per heavy atom. The molecule has 0 saturated heterocycles. The Morgan fingerprint density at radius 2 is 1.46 bits per heavy atom. The third-order valence-electron chi connectivity index (χ3n) is 4.00. The number of amides is 2. The second-order valence-electron chi connectivity index (χ2n) is 6.55. The van der Waals surface area contributed by atoms with Crippen LogP contribution in [-0.4, -0.2) is 11.8 Å². The maximum absolute atomic E-state index is 12.2. The maximum Gasteiger partial charge on any atom is 0.228 e. The molecule has 5 nitrogen and oxygen atoms in total. The number of aryl methyl sites for hydroxylation is 1. The van der Waals surface area contributed by atoms with Gasteiger partial charge in [0.25, 0.3) is 0 Å². The lowest BCUT2D eigenvalue weighted by Crippen LogP contribution is -2.14. The predicted molar refractivity (Wildman–Crippen MR) is 111 cm³/mol. The molecule has 5 heteroatoms. The summed E-state index contributed by atoms with van der Waals surface area (Å²) in [5.74, 6) is 1.25. The van der Waals surface area contributed by atoms with Crippen molar-refractivity contribution in [2.24, 2.45) is 0 Å². The van der Waals surface area contributed by atoms with E-state index in [0.717, 1.165) is 16.9 Å². The number of carbonyl (C=O) groups excluding carboxylic acids is 2. The number of hydrogen-bond acceptors (Lipinski definition) is 3. The summed E-state index contributed by atoms with van der Waals surface area (Å²) in [5.41, 5.74) is 3.41. The van der Waals surface area contributed by atoms with Crippen molar-refractivity contribution < 1.29 is 14.3 Å². The Labute approximate surface area is 164 Å². The van der Waals surface area contributed by atoms with E-state index in [4.69, 9.17) is 4.74 Å². The third-order valence-corrected chi connectivity index (χ3v) is 4.00. The number of carbonyl (C=O) groups is 2. The van der Waals surface area contributed by atoms with E-state index in [1.807, 2.05) is 67.6 Å². The van der Waals surface area contributed by atoms with Crippen molar-refractivity contribution in [2.75, 3.05) is 10.6 Å². The van der Waals surface area contributed by atoms with Gasteiger partial charge in [0, 0.05) is 18.3 Å². The molecule has 3 aromatic carbocycles. The predicted octanol–water partition coefficient (Wildman–Crippen LogP) is 4.93. The second-order valence-corrected chi connectivity index (χ2v) is 6.55. The molecule has 2 N–H and O–H groups in total. The zero-order chi connectivity index (χ0) is 19.9. The molecule has 0 spiro atoms. The van der Waals surface area contributed by atoms with Gasteiger partial charge in [0.05, 0.1) is 6.42 Å². The van der Waals surface area contributed by atoms with Gasteiger partial charge in [0.2, 0.25) is 11.8 Å². The lowest BCUT2D eigenvalue weighted by atomic mass is 10.1. The monoisotopic (exact) mass is 374 g/mol. The molecule has 0 bridgehead atoms. The fourth-order valence-corrected chi connectivity index (χ4v) is 2.72. The molecular weight excluding hydrogens is 352 g/mol. The molecule has 0 unspecified atom stereocenters. The van der Waals surface area contributed by atoms with Gasteiger partial charge in [-0.1, -0.05) is 24.3 Å². The number of benzene rings is 3. The van der Waals surface area contributed by atoms with Crippen molar-refractivity contribution in [2.45, 2.75) is 20.3 Å². The van der Waals surface area contributed by atoms with E-state index in [-0.39, 0.29) is 18.2 Å². The topological polar surface area (TPSA) is 67.4 Å². The molecule has 0 saturated carbocycles. The molecule has 0 heterocycles. The molecule has 0 radical (unpaired) electrons. The van der Waals surface area contributed by atoms with Gasteiger partial charge >= 0.3 is 0 Å². The first-order chi connectivity index (χ1) is 13.5. The molecule has 0 atom stereocenters. The summed E-state index contributed by atoms with van der Waals surface area (Å²) in [4.78, 5) is 23.3. The molecule has 0 fully saturated rings. The molecule has 28 heavy (non-hydrogen) atoms. The summed E-state index contributed by atoms with van der Waals surface area (Å²) in [6, 6.07) is 22.3. The van der Waals surface area contributed by atoms with Gasteiger partial charge in [0.1, 0.15) is 11.5 Å². The van der Waals surface area contributed by atoms with Gasteiger partial charge in [-0.25, -0.2) is 0 Å². The highest BCUT2D eigenvalue weighted by molar-refractivity contribution is 5.92. The maximum atomic E-state index is 12.2. The molecular formula is C23H22N2O3. The second kappa shape index (κ2) is 8.86. The molecule has 0 aliphatic carbocycles. The van der Waals surface area contributed by atoms with Crippen molar-refractivity contribution in [1.29, 1.82) is 0 Å². The van der Waals surface area contributed by atoms with Crippen LogP contribution in [0.5, 0.6) is 11.5 Å². The highest BCUT2D eigenvalue weighted by Crippen LogP contribution is 2.23. The Bertz CT molecular complexity index is 964. The van der Waals surface area contributed by atoms with Crippen LogP contribution in [-0.2, 0) is 16.0 Å². The lowest BCUT2D eigenvalue weighted by molar-refractivity contribution is -0.116. The average molecular weight is 374 g/mol. The molecule has 2 amide bonds. The summed E-state index contributed by atoms with van der Waals surface area (Å²) < 4.78 is 5.81. The van der Waals surface area contributed by atoms with E-state index in [2.05, 4.69) is 10.6 Å². The Balaban J connectivity index is 1.54. The normalized spacial score (nSPS) is 10.2. The quantitative estimate of drug-likeness (QED) is 0.643. The summed E-state index contributed by atoms with van der Waals surface area (Å²) in [7, 11) is 0. The first-order valence-electron chi connectivity index (χ1n) is 8.99. The summed E-state index contributed by atoms with van der Waals surface area (Å²) in [5, 5.41) is 5.57. The van der Waals surface area contributed by atoms with E-state index >= 15 is 0 Å². The zero-order valence-corrected chi connectivity index (χ0v) is 15.9. The smallest absolute Gasteiger partial charge is 0.228 e. The van der Waals surface area contributed by atoms with Crippen LogP contribution in [0.25, 0.3) is 0 Å². The SMILES string of the molecule is CC(=O)Nc1ccc(CC(=O)Nc2ccc(Oc3cccc(C)c3)cc2)cc1. The minimum Gasteiger partial charge on any atom is -0.457 e. The number of rotatable bonds is 6. The fraction of sp³-hybridized carbons (Fsp3) is 0.130. The molecule has 0 aliphatic rings. The van der Waals surface area contributed by atoms with Gasteiger partial charge in [0.15, 0.2) is 0 Å². The van der Waals surface area contributed by atoms with Gasteiger partial charge in [-0.05, 0) is 66.6 Å². The lowest BCUT2D eigenvalue weighted by Gasteiger charge is -2.09. The summed E-state index contributed by atoms with van der Waals surface area (Å²) >= 11 is 0. The van der Waals surface area contributed by atoms with Gasteiger partial charge in [-0.15, -0.1) is 0 Å². The summed E-state index contributed by atoms with van der Waals surface area (Å²) in [6.07, 6.45) is 0.252. The standard InChI is InChI=1S/C23H22N2O3/c1-16-4-3-5-22(14-16)28-21-12-10-20(11-13-21)25-23(27)15-18-6-8-19(9-7-18)24-17(2)26/h3-14H,15H2,1-2H3,(H,24,26)(H,25,27). The molecule has 3 rings (SSSR count). The van der Waals surface area contributed by atoms with E-state index in [1.54, 1.807) is 12.1 Å². The van der Waals surface area contributed by atoms with Crippen molar-refractivity contribution in [3.63, 3.8) is 0 Å². The first kappa shape index (κ1) is 19.2. The number of nitrogens with one attached hydrogen (secondary N) is 2. The van der Waals surface area contributed by atoms with Gasteiger partial charge < -0.3 is 15.4 Å². The van der Waals surface area contributed by atoms with Crippen LogP contribution in [0.1, 0.15) is 18.1 Å². The molecule has 3 aromatic rings. The molecule has 0 aliphatic heterocycles. The van der Waals surface area contributed by atoms with E-state index in [0.29, 0.717) is 17.1 Å². The Morgan fingerprint density at radius 1 is 0.821 bits per heavy atom. The minimum atomic E-state index is -0.125. The highest BCUT2D eigenvalue weighted by Gasteiger charge is 2.06. The van der Waals surface area contributed by atoms with Crippen molar-refractivity contribution in [3.8, 4) is 11.5 Å². The third kappa shape index (κ3) is 5.71. The molecule has 142 valence electrons. The van der Waals surface area contributed by atoms with Crippen LogP contribution in [0.2, 0.25) is 0 Å². The zero-order valence-electron chi connectivity index (χ0n) is 15.9. The van der Waals surface area contributed by atoms with Crippen LogP contribution in [0, 0.1) is 6.92 Å². The van der Waals surface area contributed by atoms with E-state index < -0.39 is 0 Å². The Hall–Kier alpha value is -3.60. The largest absolute Gasteiger partial charge is 0.457 e. The van der Waals surface area contributed by atoms with Crippen molar-refractivity contribution in [3.05, 3.63) is 83.9 Å². The number of ether oxygens (including phenoxy) is 1. The highest BCUT2D eigenvalue weighted by atomic mass is 16.5. The van der Waals surface area contributed by atoms with Gasteiger partial charge in [-0.2, -0.15) is 0 Å². The minimum absolute atomic E-state index is 0.111. The van der Waals surface area contributed by atoms with E-state index in [1.165, 1.54) is 6.92 Å². The average Bonchev–Trinajstić information content (AvgIpc) is 2.64. The van der Waals surface area contributed by atoms with Crippen LogP contribution < -0.4 is 15.4 Å². The summed E-state index contributed by atoms with van der Waals surface area (Å²) in [6.45, 7) is 3.47.